The normalized spacial score (nSPS) is 14.7. The molecule has 0 atom stereocenters. The van der Waals surface area contributed by atoms with E-state index in [2.05, 4.69) is 43.5 Å². The third-order valence-electron chi connectivity index (χ3n) is 5.96. The molecule has 9 nitrogen and oxygen atoms in total. The van der Waals surface area contributed by atoms with E-state index in [0.29, 0.717) is 6.54 Å². The molecule has 2 aromatic carbocycles. The Bertz CT molecular complexity index is 1180. The van der Waals surface area contributed by atoms with E-state index < -0.39 is 0 Å². The van der Waals surface area contributed by atoms with Gasteiger partial charge in [-0.1, -0.05) is 29.5 Å². The molecule has 0 amide bonds. The summed E-state index contributed by atoms with van der Waals surface area (Å²) in [5.74, 6) is 2.36. The number of nitrogens with zero attached hydrogens (tertiary/aromatic N) is 7. The highest BCUT2D eigenvalue weighted by molar-refractivity contribution is 7.22. The van der Waals surface area contributed by atoms with Crippen LogP contribution in [0.1, 0.15) is 11.4 Å². The molecule has 0 N–H and O–H groups in total. The molecule has 0 bridgehead atoms. The van der Waals surface area contributed by atoms with Crippen molar-refractivity contribution in [1.29, 1.82) is 0 Å². The highest BCUT2D eigenvalue weighted by Crippen LogP contribution is 2.29. The van der Waals surface area contributed by atoms with E-state index in [-0.39, 0.29) is 0 Å². The molecule has 3 heterocycles. The lowest BCUT2D eigenvalue weighted by Gasteiger charge is -2.34. The van der Waals surface area contributed by atoms with Crippen LogP contribution in [0.25, 0.3) is 10.2 Å². The molecule has 0 aliphatic carbocycles. The van der Waals surface area contributed by atoms with Gasteiger partial charge in [-0.25, -0.2) is 9.67 Å². The largest absolute Gasteiger partial charge is 0.493 e. The molecule has 0 saturated carbocycles. The van der Waals surface area contributed by atoms with Gasteiger partial charge in [0.2, 0.25) is 0 Å². The molecule has 0 unspecified atom stereocenters. The molecule has 1 aliphatic heterocycles. The Morgan fingerprint density at radius 2 is 1.79 bits per heavy atom. The van der Waals surface area contributed by atoms with Crippen molar-refractivity contribution < 1.29 is 9.47 Å². The zero-order valence-corrected chi connectivity index (χ0v) is 19.7. The van der Waals surface area contributed by atoms with Gasteiger partial charge in [0, 0.05) is 32.7 Å². The first-order chi connectivity index (χ1) is 16.2. The van der Waals surface area contributed by atoms with Crippen molar-refractivity contribution in [3.05, 3.63) is 53.9 Å². The summed E-state index contributed by atoms with van der Waals surface area (Å²) in [4.78, 5) is 9.58. The van der Waals surface area contributed by atoms with Crippen molar-refractivity contribution in [2.75, 3.05) is 45.3 Å². The minimum Gasteiger partial charge on any atom is -0.493 e. The first-order valence-electron chi connectivity index (χ1n) is 11.0. The van der Waals surface area contributed by atoms with Crippen LogP contribution in [-0.2, 0) is 19.5 Å². The molecule has 5 rings (SSSR count). The fourth-order valence-electron chi connectivity index (χ4n) is 4.07. The fourth-order valence-corrected chi connectivity index (χ4v) is 5.09. The molecule has 1 fully saturated rings. The summed E-state index contributed by atoms with van der Waals surface area (Å²) < 4.78 is 13.9. The molecule has 172 valence electrons. The Labute approximate surface area is 196 Å². The summed E-state index contributed by atoms with van der Waals surface area (Å²) >= 11 is 1.77. The summed E-state index contributed by atoms with van der Waals surface area (Å²) in [6.45, 7) is 5.27. The number of tetrazole rings is 1. The van der Waals surface area contributed by atoms with Crippen LogP contribution in [0.4, 0.5) is 5.13 Å². The third-order valence-corrected chi connectivity index (χ3v) is 7.05. The molecule has 4 aromatic rings. The number of thiazole rings is 1. The van der Waals surface area contributed by atoms with Gasteiger partial charge in [-0.15, -0.1) is 5.10 Å². The molecular weight excluding hydrogens is 438 g/mol. The van der Waals surface area contributed by atoms with Crippen LogP contribution in [0, 0.1) is 0 Å². The molecule has 33 heavy (non-hydrogen) atoms. The molecule has 1 saturated heterocycles. The lowest BCUT2D eigenvalue weighted by atomic mass is 10.1. The maximum Gasteiger partial charge on any atom is 0.186 e. The molecule has 10 heteroatoms. The van der Waals surface area contributed by atoms with Crippen molar-refractivity contribution in [1.82, 2.24) is 30.1 Å². The minimum absolute atomic E-state index is 0.712. The summed E-state index contributed by atoms with van der Waals surface area (Å²) in [5, 5.41) is 13.5. The topological polar surface area (TPSA) is 81.4 Å². The van der Waals surface area contributed by atoms with Gasteiger partial charge in [0.15, 0.2) is 22.5 Å². The van der Waals surface area contributed by atoms with Crippen LogP contribution < -0.4 is 14.4 Å². The molecule has 0 radical (unpaired) electrons. The van der Waals surface area contributed by atoms with E-state index in [1.54, 1.807) is 25.6 Å². The maximum atomic E-state index is 5.41. The standard InChI is InChI=1S/C23H27N7O2S/c1-31-19-8-7-17(15-20(19)32-2)9-10-30-22(25-26-27-30)16-28-11-13-29(14-12-28)23-24-18-5-3-4-6-21(18)33-23/h3-8,15H,9-14,16H2,1-2H3. The number of ether oxygens (including phenoxy) is 2. The monoisotopic (exact) mass is 465 g/mol. The average Bonchev–Trinajstić information content (AvgIpc) is 3.49. The lowest BCUT2D eigenvalue weighted by molar-refractivity contribution is 0.239. The number of aryl methyl sites for hydroxylation is 2. The summed E-state index contributed by atoms with van der Waals surface area (Å²) in [6.07, 6.45) is 0.809. The zero-order chi connectivity index (χ0) is 22.6. The van der Waals surface area contributed by atoms with Gasteiger partial charge in [-0.05, 0) is 46.7 Å². The number of fused-ring (bicyclic) bond motifs is 1. The minimum atomic E-state index is 0.712. The summed E-state index contributed by atoms with van der Waals surface area (Å²) in [6, 6.07) is 14.3. The second-order valence-electron chi connectivity index (χ2n) is 7.98. The number of anilines is 1. The zero-order valence-electron chi connectivity index (χ0n) is 18.8. The molecule has 0 spiro atoms. The van der Waals surface area contributed by atoms with Gasteiger partial charge in [0.05, 0.1) is 31.0 Å². The van der Waals surface area contributed by atoms with Crippen LogP contribution in [-0.4, -0.2) is 70.5 Å². The second-order valence-corrected chi connectivity index (χ2v) is 8.99. The van der Waals surface area contributed by atoms with Gasteiger partial charge < -0.3 is 14.4 Å². The van der Waals surface area contributed by atoms with Crippen LogP contribution in [0.5, 0.6) is 11.5 Å². The highest BCUT2D eigenvalue weighted by Gasteiger charge is 2.21. The predicted molar refractivity (Wildman–Crippen MR) is 128 cm³/mol. The number of piperazine rings is 1. The van der Waals surface area contributed by atoms with Gasteiger partial charge in [-0.3, -0.25) is 4.90 Å². The Balaban J connectivity index is 1.17. The number of hydrogen-bond acceptors (Lipinski definition) is 9. The number of rotatable bonds is 8. The third kappa shape index (κ3) is 4.76. The Morgan fingerprint density at radius 3 is 2.58 bits per heavy atom. The smallest absolute Gasteiger partial charge is 0.186 e. The average molecular weight is 466 g/mol. The van der Waals surface area contributed by atoms with Crippen LogP contribution in [0.15, 0.2) is 42.5 Å². The fraction of sp³-hybridized carbons (Fsp3) is 0.391. The first-order valence-corrected chi connectivity index (χ1v) is 11.8. The number of benzene rings is 2. The van der Waals surface area contributed by atoms with Gasteiger partial charge >= 0.3 is 0 Å². The number of para-hydroxylation sites is 1. The summed E-state index contributed by atoms with van der Waals surface area (Å²) in [5.41, 5.74) is 2.23. The van der Waals surface area contributed by atoms with Crippen LogP contribution >= 0.6 is 11.3 Å². The number of hydrogen-bond donors (Lipinski definition) is 0. The number of methoxy groups -OCH3 is 2. The lowest BCUT2D eigenvalue weighted by Crippen LogP contribution is -2.46. The van der Waals surface area contributed by atoms with E-state index in [4.69, 9.17) is 14.5 Å². The molecular formula is C23H27N7O2S. The van der Waals surface area contributed by atoms with Gasteiger partial charge in [0.1, 0.15) is 0 Å². The van der Waals surface area contributed by atoms with E-state index in [0.717, 1.165) is 72.7 Å². The predicted octanol–water partition coefficient (Wildman–Crippen LogP) is 2.86. The van der Waals surface area contributed by atoms with Crippen molar-refractivity contribution in [3.8, 4) is 11.5 Å². The van der Waals surface area contributed by atoms with E-state index in [1.165, 1.54) is 4.70 Å². The van der Waals surface area contributed by atoms with Crippen LogP contribution in [0.2, 0.25) is 0 Å². The Hall–Kier alpha value is -3.24. The van der Waals surface area contributed by atoms with Gasteiger partial charge in [0.25, 0.3) is 0 Å². The van der Waals surface area contributed by atoms with E-state index in [9.17, 15) is 0 Å². The first kappa shape index (κ1) is 21.6. The molecule has 1 aliphatic rings. The maximum absolute atomic E-state index is 5.41. The van der Waals surface area contributed by atoms with Crippen molar-refractivity contribution in [3.63, 3.8) is 0 Å². The van der Waals surface area contributed by atoms with Crippen molar-refractivity contribution >= 4 is 26.7 Å². The van der Waals surface area contributed by atoms with Gasteiger partial charge in [-0.2, -0.15) is 0 Å². The van der Waals surface area contributed by atoms with Crippen molar-refractivity contribution in [2.24, 2.45) is 0 Å². The highest BCUT2D eigenvalue weighted by atomic mass is 32.1. The second kappa shape index (κ2) is 9.72. The Kier molecular flexibility index (Phi) is 6.36. The quantitative estimate of drug-likeness (QED) is 0.393. The summed E-state index contributed by atoms with van der Waals surface area (Å²) in [7, 11) is 3.29. The van der Waals surface area contributed by atoms with E-state index >= 15 is 0 Å². The SMILES string of the molecule is COc1ccc(CCn2nnnc2CN2CCN(c3nc4ccccc4s3)CC2)cc1OC. The van der Waals surface area contributed by atoms with Crippen molar-refractivity contribution in [2.45, 2.75) is 19.5 Å². The Morgan fingerprint density at radius 1 is 0.970 bits per heavy atom. The molecule has 2 aromatic heterocycles. The number of aromatic nitrogens is 5. The van der Waals surface area contributed by atoms with Crippen LogP contribution in [0.3, 0.4) is 0 Å². The van der Waals surface area contributed by atoms with E-state index in [1.807, 2.05) is 28.9 Å².